The zero-order valence-corrected chi connectivity index (χ0v) is 12.2. The molecule has 1 atom stereocenters. The molecule has 1 unspecified atom stereocenters. The van der Waals surface area contributed by atoms with Gasteiger partial charge in [0.05, 0.1) is 11.0 Å². The smallest absolute Gasteiger partial charge is 0.269 e. The van der Waals surface area contributed by atoms with Gasteiger partial charge < -0.3 is 10.4 Å². The number of aliphatic hydroxyl groups is 1. The zero-order chi connectivity index (χ0) is 15.8. The highest BCUT2D eigenvalue weighted by Gasteiger charge is 2.06. The predicted molar refractivity (Wildman–Crippen MR) is 85.3 cm³/mol. The zero-order valence-electron chi connectivity index (χ0n) is 12.2. The van der Waals surface area contributed by atoms with Crippen LogP contribution in [0, 0.1) is 16.5 Å². The van der Waals surface area contributed by atoms with E-state index in [-0.39, 0.29) is 5.69 Å². The van der Waals surface area contributed by atoms with E-state index in [1.54, 1.807) is 12.1 Å². The molecule has 0 fully saturated rings. The number of benzene rings is 2. The summed E-state index contributed by atoms with van der Waals surface area (Å²) in [6, 6.07) is 16.3. The van der Waals surface area contributed by atoms with Crippen molar-refractivity contribution < 1.29 is 10.0 Å². The Morgan fingerprint density at radius 3 is 2.41 bits per heavy atom. The van der Waals surface area contributed by atoms with E-state index in [2.05, 4.69) is 5.32 Å². The van der Waals surface area contributed by atoms with E-state index in [9.17, 15) is 15.2 Å². The van der Waals surface area contributed by atoms with E-state index >= 15 is 0 Å². The minimum atomic E-state index is -0.529. The molecular weight excluding hydrogens is 280 g/mol. The standard InChI is InChI=1S/C17H19N2O3/c20-17(11-8-14-4-2-1-3-5-14)13-18-12-15-6-9-16(10-7-15)19(21)22/h1-7,9-11,17-18,20H,8,12-13H2. The molecule has 115 valence electrons. The number of nitro benzene ring substituents is 1. The molecule has 2 N–H and O–H groups in total. The van der Waals surface area contributed by atoms with Crippen LogP contribution in [0.4, 0.5) is 5.69 Å². The van der Waals surface area contributed by atoms with Crippen molar-refractivity contribution in [1.82, 2.24) is 5.32 Å². The van der Waals surface area contributed by atoms with Crippen LogP contribution in [-0.2, 0) is 13.0 Å². The van der Waals surface area contributed by atoms with Gasteiger partial charge in [-0.3, -0.25) is 10.1 Å². The molecule has 0 aliphatic carbocycles. The Labute approximate surface area is 129 Å². The molecule has 0 aliphatic heterocycles. The topological polar surface area (TPSA) is 75.4 Å². The molecule has 0 saturated heterocycles. The average molecular weight is 299 g/mol. The third-order valence-electron chi connectivity index (χ3n) is 3.30. The quantitative estimate of drug-likeness (QED) is 0.580. The van der Waals surface area contributed by atoms with Crippen LogP contribution in [0.2, 0.25) is 0 Å². The third-order valence-corrected chi connectivity index (χ3v) is 3.30. The van der Waals surface area contributed by atoms with Crippen molar-refractivity contribution in [2.75, 3.05) is 6.54 Å². The first-order valence-corrected chi connectivity index (χ1v) is 7.14. The number of non-ortho nitro benzene ring substituents is 1. The third kappa shape index (κ3) is 5.27. The molecule has 1 radical (unpaired) electrons. The normalized spacial score (nSPS) is 12.0. The van der Waals surface area contributed by atoms with Crippen LogP contribution in [0.5, 0.6) is 0 Å². The summed E-state index contributed by atoms with van der Waals surface area (Å²) in [5.41, 5.74) is 2.19. The first kappa shape index (κ1) is 16.1. The number of nitro groups is 1. The molecule has 0 amide bonds. The Hall–Kier alpha value is -2.24. The Balaban J connectivity index is 1.68. The maximum atomic E-state index is 10.6. The van der Waals surface area contributed by atoms with Gasteiger partial charge in [0.15, 0.2) is 0 Å². The molecule has 2 rings (SSSR count). The van der Waals surface area contributed by atoms with Gasteiger partial charge in [-0.25, -0.2) is 0 Å². The maximum Gasteiger partial charge on any atom is 0.269 e. The average Bonchev–Trinajstić information content (AvgIpc) is 2.54. The van der Waals surface area contributed by atoms with Gasteiger partial charge in [-0.15, -0.1) is 0 Å². The molecule has 0 aromatic heterocycles. The molecular formula is C17H19N2O3. The van der Waals surface area contributed by atoms with Crippen LogP contribution in [0.3, 0.4) is 0 Å². The first-order valence-electron chi connectivity index (χ1n) is 7.14. The van der Waals surface area contributed by atoms with Gasteiger partial charge in [-0.1, -0.05) is 42.5 Å². The lowest BCUT2D eigenvalue weighted by Gasteiger charge is -2.11. The van der Waals surface area contributed by atoms with E-state index in [0.29, 0.717) is 13.1 Å². The van der Waals surface area contributed by atoms with E-state index in [1.165, 1.54) is 12.1 Å². The van der Waals surface area contributed by atoms with Crippen LogP contribution in [0.25, 0.3) is 0 Å². The van der Waals surface area contributed by atoms with Crippen molar-refractivity contribution in [3.63, 3.8) is 0 Å². The lowest BCUT2D eigenvalue weighted by atomic mass is 10.1. The summed E-state index contributed by atoms with van der Waals surface area (Å²) in [4.78, 5) is 10.1. The van der Waals surface area contributed by atoms with Crippen molar-refractivity contribution in [3.05, 3.63) is 82.3 Å². The van der Waals surface area contributed by atoms with E-state index < -0.39 is 11.0 Å². The Morgan fingerprint density at radius 1 is 1.09 bits per heavy atom. The summed E-state index contributed by atoms with van der Waals surface area (Å²) in [6.07, 6.45) is 2.05. The highest BCUT2D eigenvalue weighted by Crippen LogP contribution is 2.11. The minimum Gasteiger partial charge on any atom is -0.391 e. The fourth-order valence-electron chi connectivity index (χ4n) is 2.07. The first-order chi connectivity index (χ1) is 10.6. The van der Waals surface area contributed by atoms with Gasteiger partial charge in [0, 0.05) is 25.2 Å². The highest BCUT2D eigenvalue weighted by atomic mass is 16.6. The number of hydrogen-bond acceptors (Lipinski definition) is 4. The lowest BCUT2D eigenvalue weighted by Crippen LogP contribution is -2.27. The Bertz CT molecular complexity index is 585. The van der Waals surface area contributed by atoms with Gasteiger partial charge in [0.1, 0.15) is 0 Å². The Morgan fingerprint density at radius 2 is 1.77 bits per heavy atom. The van der Waals surface area contributed by atoms with Crippen molar-refractivity contribution in [3.8, 4) is 0 Å². The predicted octanol–water partition coefficient (Wildman–Crippen LogP) is 2.49. The van der Waals surface area contributed by atoms with Crippen molar-refractivity contribution in [2.45, 2.75) is 19.1 Å². The highest BCUT2D eigenvalue weighted by molar-refractivity contribution is 5.32. The molecule has 5 heteroatoms. The molecule has 0 heterocycles. The summed E-state index contributed by atoms with van der Waals surface area (Å²) in [5.74, 6) is 0. The molecule has 2 aromatic carbocycles. The van der Waals surface area contributed by atoms with Gasteiger partial charge in [-0.05, 0) is 24.0 Å². The molecule has 2 aromatic rings. The van der Waals surface area contributed by atoms with Crippen molar-refractivity contribution in [2.24, 2.45) is 0 Å². The SMILES string of the molecule is O=[N+]([O-])c1ccc(CNCC(O)[CH]Cc2ccccc2)cc1. The number of nitrogens with zero attached hydrogens (tertiary/aromatic N) is 1. The second-order valence-electron chi connectivity index (χ2n) is 5.05. The molecule has 0 aliphatic rings. The van der Waals surface area contributed by atoms with Crippen molar-refractivity contribution >= 4 is 5.69 Å². The van der Waals surface area contributed by atoms with Gasteiger partial charge in [0.2, 0.25) is 0 Å². The Kier molecular flexibility index (Phi) is 6.06. The summed E-state index contributed by atoms with van der Waals surface area (Å²) in [6.45, 7) is 1.01. The van der Waals surface area contributed by atoms with Crippen LogP contribution in [0.1, 0.15) is 11.1 Å². The molecule has 5 nitrogen and oxygen atoms in total. The summed E-state index contributed by atoms with van der Waals surface area (Å²) in [7, 11) is 0. The van der Waals surface area contributed by atoms with Crippen LogP contribution in [-0.4, -0.2) is 22.7 Å². The van der Waals surface area contributed by atoms with E-state index in [4.69, 9.17) is 0 Å². The van der Waals surface area contributed by atoms with Crippen LogP contribution < -0.4 is 5.32 Å². The van der Waals surface area contributed by atoms with Crippen LogP contribution in [0.15, 0.2) is 54.6 Å². The van der Waals surface area contributed by atoms with E-state index in [1.807, 2.05) is 36.8 Å². The fraction of sp³-hybridized carbons (Fsp3) is 0.235. The second kappa shape index (κ2) is 8.26. The summed E-state index contributed by atoms with van der Waals surface area (Å²) in [5, 5.41) is 23.6. The second-order valence-corrected chi connectivity index (χ2v) is 5.05. The van der Waals surface area contributed by atoms with Crippen LogP contribution >= 0.6 is 0 Å². The fourth-order valence-corrected chi connectivity index (χ4v) is 2.07. The van der Waals surface area contributed by atoms with Gasteiger partial charge in [0.25, 0.3) is 5.69 Å². The minimum absolute atomic E-state index is 0.0833. The summed E-state index contributed by atoms with van der Waals surface area (Å²) >= 11 is 0. The number of hydrogen-bond donors (Lipinski definition) is 2. The number of rotatable bonds is 8. The molecule has 0 bridgehead atoms. The largest absolute Gasteiger partial charge is 0.391 e. The summed E-state index contributed by atoms with van der Waals surface area (Å²) < 4.78 is 0. The lowest BCUT2D eigenvalue weighted by molar-refractivity contribution is -0.384. The maximum absolute atomic E-state index is 10.6. The number of aliphatic hydroxyl groups excluding tert-OH is 1. The molecule has 22 heavy (non-hydrogen) atoms. The van der Waals surface area contributed by atoms with Gasteiger partial charge >= 0.3 is 0 Å². The van der Waals surface area contributed by atoms with E-state index in [0.717, 1.165) is 17.5 Å². The van der Waals surface area contributed by atoms with Gasteiger partial charge in [-0.2, -0.15) is 0 Å². The van der Waals surface area contributed by atoms with Crippen molar-refractivity contribution in [1.29, 1.82) is 0 Å². The molecule has 0 spiro atoms. The number of nitrogens with one attached hydrogen (secondary N) is 1. The molecule has 0 saturated carbocycles. The monoisotopic (exact) mass is 299 g/mol.